The van der Waals surface area contributed by atoms with Gasteiger partial charge in [-0.1, -0.05) is 36.4 Å². The first-order valence-electron chi connectivity index (χ1n) is 8.23. The van der Waals surface area contributed by atoms with Gasteiger partial charge >= 0.3 is 0 Å². The summed E-state index contributed by atoms with van der Waals surface area (Å²) < 4.78 is 5.22. The predicted molar refractivity (Wildman–Crippen MR) is 93.1 cm³/mol. The summed E-state index contributed by atoms with van der Waals surface area (Å²) >= 11 is 0. The van der Waals surface area contributed by atoms with Crippen molar-refractivity contribution >= 4 is 5.91 Å². The number of amides is 1. The van der Waals surface area contributed by atoms with Crippen molar-refractivity contribution in [3.8, 4) is 5.75 Å². The van der Waals surface area contributed by atoms with Gasteiger partial charge in [-0.3, -0.25) is 4.79 Å². The molecular formula is C20H23NO3. The lowest BCUT2D eigenvalue weighted by Crippen LogP contribution is -2.50. The minimum atomic E-state index is -1.34. The largest absolute Gasteiger partial charge is 0.497 e. The zero-order chi connectivity index (χ0) is 17.2. The van der Waals surface area contributed by atoms with Crippen LogP contribution < -0.4 is 10.1 Å². The second kappa shape index (κ2) is 6.65. The standard InChI is InChI=1S/C20H23NO3/c1-14(10-15-6-5-9-18(11-15)24-2)21-19(22)20(23)12-16-7-3-4-8-17(16)13-20/h3-9,11,14,23H,10,12-13H2,1-2H3,(H,21,22). The molecule has 4 nitrogen and oxygen atoms in total. The molecular weight excluding hydrogens is 302 g/mol. The van der Waals surface area contributed by atoms with Gasteiger partial charge in [-0.05, 0) is 42.2 Å². The van der Waals surface area contributed by atoms with Crippen molar-refractivity contribution in [2.24, 2.45) is 0 Å². The second-order valence-corrected chi connectivity index (χ2v) is 6.58. The molecule has 0 aromatic heterocycles. The summed E-state index contributed by atoms with van der Waals surface area (Å²) in [4.78, 5) is 12.6. The number of hydrogen-bond donors (Lipinski definition) is 2. The van der Waals surface area contributed by atoms with Gasteiger partial charge in [0, 0.05) is 18.9 Å². The Morgan fingerprint density at radius 1 is 1.21 bits per heavy atom. The first-order valence-corrected chi connectivity index (χ1v) is 8.23. The molecule has 1 amide bonds. The molecule has 1 atom stereocenters. The van der Waals surface area contributed by atoms with Gasteiger partial charge < -0.3 is 15.2 Å². The number of hydrogen-bond acceptors (Lipinski definition) is 3. The first-order chi connectivity index (χ1) is 11.5. The van der Waals surface area contributed by atoms with Gasteiger partial charge in [0.25, 0.3) is 5.91 Å². The van der Waals surface area contributed by atoms with Crippen LogP contribution in [0.3, 0.4) is 0 Å². The number of carbonyl (C=O) groups excluding carboxylic acids is 1. The van der Waals surface area contributed by atoms with Gasteiger partial charge in [0.1, 0.15) is 5.75 Å². The predicted octanol–water partition coefficient (Wildman–Crippen LogP) is 2.27. The van der Waals surface area contributed by atoms with Crippen LogP contribution in [-0.2, 0) is 24.1 Å². The minimum Gasteiger partial charge on any atom is -0.497 e. The van der Waals surface area contributed by atoms with Crippen LogP contribution in [0.25, 0.3) is 0 Å². The summed E-state index contributed by atoms with van der Waals surface area (Å²) in [5.41, 5.74) is 1.85. The molecule has 0 saturated heterocycles. The highest BCUT2D eigenvalue weighted by molar-refractivity contribution is 5.87. The molecule has 0 bridgehead atoms. The Hall–Kier alpha value is -2.33. The number of carbonyl (C=O) groups is 1. The monoisotopic (exact) mass is 325 g/mol. The van der Waals surface area contributed by atoms with E-state index in [1.807, 2.05) is 55.5 Å². The van der Waals surface area contributed by atoms with Gasteiger partial charge in [-0.2, -0.15) is 0 Å². The molecule has 1 aliphatic rings. The molecule has 2 N–H and O–H groups in total. The molecule has 4 heteroatoms. The van der Waals surface area contributed by atoms with Crippen LogP contribution in [0.1, 0.15) is 23.6 Å². The van der Waals surface area contributed by atoms with E-state index in [1.54, 1.807) is 7.11 Å². The number of ether oxygens (including phenoxy) is 1. The summed E-state index contributed by atoms with van der Waals surface area (Å²) in [6.45, 7) is 1.95. The number of aliphatic hydroxyl groups is 1. The lowest BCUT2D eigenvalue weighted by molar-refractivity contribution is -0.139. The third-order valence-electron chi connectivity index (χ3n) is 4.56. The third-order valence-corrected chi connectivity index (χ3v) is 4.56. The average molecular weight is 325 g/mol. The molecule has 24 heavy (non-hydrogen) atoms. The van der Waals surface area contributed by atoms with Crippen molar-refractivity contribution in [2.75, 3.05) is 7.11 Å². The summed E-state index contributed by atoms with van der Waals surface area (Å²) in [6, 6.07) is 15.5. The normalized spacial score (nSPS) is 16.3. The number of methoxy groups -OCH3 is 1. The van der Waals surface area contributed by atoms with Crippen LogP contribution in [0.2, 0.25) is 0 Å². The Balaban J connectivity index is 1.62. The Morgan fingerprint density at radius 3 is 2.50 bits per heavy atom. The van der Waals surface area contributed by atoms with Crippen molar-refractivity contribution in [1.82, 2.24) is 5.32 Å². The van der Waals surface area contributed by atoms with E-state index in [4.69, 9.17) is 4.74 Å². The van der Waals surface area contributed by atoms with Gasteiger partial charge in [0.2, 0.25) is 0 Å². The van der Waals surface area contributed by atoms with E-state index in [-0.39, 0.29) is 11.9 Å². The van der Waals surface area contributed by atoms with Gasteiger partial charge in [0.05, 0.1) is 7.11 Å². The van der Waals surface area contributed by atoms with E-state index in [1.165, 1.54) is 0 Å². The Labute approximate surface area is 142 Å². The number of rotatable bonds is 5. The fourth-order valence-electron chi connectivity index (χ4n) is 3.32. The van der Waals surface area contributed by atoms with E-state index in [9.17, 15) is 9.90 Å². The van der Waals surface area contributed by atoms with Crippen LogP contribution in [-0.4, -0.2) is 29.8 Å². The fourth-order valence-corrected chi connectivity index (χ4v) is 3.32. The third kappa shape index (κ3) is 3.44. The second-order valence-electron chi connectivity index (χ2n) is 6.58. The Kier molecular flexibility index (Phi) is 4.58. The van der Waals surface area contributed by atoms with Crippen molar-refractivity contribution in [1.29, 1.82) is 0 Å². The van der Waals surface area contributed by atoms with E-state index in [0.29, 0.717) is 19.3 Å². The lowest BCUT2D eigenvalue weighted by Gasteiger charge is -2.24. The highest BCUT2D eigenvalue weighted by atomic mass is 16.5. The smallest absolute Gasteiger partial charge is 0.252 e. The molecule has 0 fully saturated rings. The lowest BCUT2D eigenvalue weighted by atomic mass is 9.98. The maximum Gasteiger partial charge on any atom is 0.252 e. The van der Waals surface area contributed by atoms with Crippen LogP contribution in [0.5, 0.6) is 5.75 Å². The van der Waals surface area contributed by atoms with Crippen LogP contribution in [0, 0.1) is 0 Å². The minimum absolute atomic E-state index is 0.0719. The highest BCUT2D eigenvalue weighted by Gasteiger charge is 2.42. The zero-order valence-corrected chi connectivity index (χ0v) is 14.1. The molecule has 1 unspecified atom stereocenters. The van der Waals surface area contributed by atoms with Gasteiger partial charge in [-0.25, -0.2) is 0 Å². The highest BCUT2D eigenvalue weighted by Crippen LogP contribution is 2.30. The number of nitrogens with one attached hydrogen (secondary N) is 1. The SMILES string of the molecule is COc1cccc(CC(C)NC(=O)C2(O)Cc3ccccc3C2)c1. The van der Waals surface area contributed by atoms with Crippen LogP contribution in [0.15, 0.2) is 48.5 Å². The summed E-state index contributed by atoms with van der Waals surface area (Å²) in [7, 11) is 1.64. The number of fused-ring (bicyclic) bond motifs is 1. The molecule has 0 aliphatic heterocycles. The van der Waals surface area contributed by atoms with Crippen molar-refractivity contribution in [3.05, 3.63) is 65.2 Å². The van der Waals surface area contributed by atoms with Crippen molar-refractivity contribution < 1.29 is 14.6 Å². The summed E-state index contributed by atoms with van der Waals surface area (Å²) in [6.07, 6.45) is 1.44. The topological polar surface area (TPSA) is 58.6 Å². The molecule has 0 heterocycles. The van der Waals surface area contributed by atoms with Gasteiger partial charge in [0.15, 0.2) is 5.60 Å². The van der Waals surface area contributed by atoms with Crippen molar-refractivity contribution in [2.45, 2.75) is 37.8 Å². The van der Waals surface area contributed by atoms with E-state index in [0.717, 1.165) is 22.4 Å². The Bertz CT molecular complexity index is 716. The van der Waals surface area contributed by atoms with Crippen LogP contribution in [0.4, 0.5) is 0 Å². The van der Waals surface area contributed by atoms with E-state index >= 15 is 0 Å². The fraction of sp³-hybridized carbons (Fsp3) is 0.350. The number of benzene rings is 2. The molecule has 3 rings (SSSR count). The average Bonchev–Trinajstić information content (AvgIpc) is 2.92. The molecule has 0 spiro atoms. The molecule has 0 radical (unpaired) electrons. The molecule has 2 aromatic carbocycles. The summed E-state index contributed by atoms with van der Waals surface area (Å²) in [5.74, 6) is 0.505. The van der Waals surface area contributed by atoms with Crippen molar-refractivity contribution in [3.63, 3.8) is 0 Å². The van der Waals surface area contributed by atoms with Crippen LogP contribution >= 0.6 is 0 Å². The molecule has 0 saturated carbocycles. The molecule has 1 aliphatic carbocycles. The Morgan fingerprint density at radius 2 is 1.88 bits per heavy atom. The maximum atomic E-state index is 12.6. The molecule has 2 aromatic rings. The first kappa shape index (κ1) is 16.5. The maximum absolute atomic E-state index is 12.6. The van der Waals surface area contributed by atoms with E-state index in [2.05, 4.69) is 5.32 Å². The quantitative estimate of drug-likeness (QED) is 0.887. The summed E-state index contributed by atoms with van der Waals surface area (Å²) in [5, 5.41) is 13.7. The van der Waals surface area contributed by atoms with E-state index < -0.39 is 5.60 Å². The zero-order valence-electron chi connectivity index (χ0n) is 14.1. The van der Waals surface area contributed by atoms with Gasteiger partial charge in [-0.15, -0.1) is 0 Å². The molecule has 126 valence electrons.